The van der Waals surface area contributed by atoms with Crippen LogP contribution in [0.3, 0.4) is 0 Å². The van der Waals surface area contributed by atoms with Gasteiger partial charge in [-0.05, 0) is 71.0 Å². The fourth-order valence-corrected chi connectivity index (χ4v) is 5.74. The number of nitrogens with two attached hydrogens (primary N) is 1. The Morgan fingerprint density at radius 1 is 1.33 bits per heavy atom. The number of hydrogen-bond acceptors (Lipinski definition) is 6. The van der Waals surface area contributed by atoms with Gasteiger partial charge in [0.2, 0.25) is 11.8 Å². The lowest BCUT2D eigenvalue weighted by atomic mass is 9.81. The highest BCUT2D eigenvalue weighted by atomic mass is 32.1. The van der Waals surface area contributed by atoms with E-state index in [0.717, 1.165) is 48.7 Å². The number of ether oxygens (including phenoxy) is 1. The molecule has 1 amide bonds. The molecule has 2 aromatic rings. The predicted octanol–water partition coefficient (Wildman–Crippen LogP) is 3.24. The number of hydrogen-bond donors (Lipinski definition) is 1. The van der Waals surface area contributed by atoms with Gasteiger partial charge in [0.05, 0.1) is 5.39 Å². The Bertz CT molecular complexity index is 855. The molecule has 0 radical (unpaired) electrons. The van der Waals surface area contributed by atoms with Crippen molar-refractivity contribution < 1.29 is 9.53 Å². The molecule has 27 heavy (non-hydrogen) atoms. The summed E-state index contributed by atoms with van der Waals surface area (Å²) in [4.78, 5) is 25.0. The number of fused-ring (bicyclic) bond motifs is 3. The van der Waals surface area contributed by atoms with Crippen LogP contribution in [-0.4, -0.2) is 46.5 Å². The average Bonchev–Trinajstić information content (AvgIpc) is 3.17. The highest BCUT2D eigenvalue weighted by Gasteiger charge is 2.35. The van der Waals surface area contributed by atoms with Crippen molar-refractivity contribution in [2.75, 3.05) is 14.1 Å². The Kier molecular flexibility index (Phi) is 4.84. The van der Waals surface area contributed by atoms with E-state index in [0.29, 0.717) is 12.3 Å². The smallest absolute Gasteiger partial charge is 0.225 e. The first kappa shape index (κ1) is 18.6. The van der Waals surface area contributed by atoms with Crippen molar-refractivity contribution >= 4 is 27.5 Å². The molecular weight excluding hydrogens is 360 g/mol. The van der Waals surface area contributed by atoms with Crippen LogP contribution in [-0.2, 0) is 11.2 Å². The summed E-state index contributed by atoms with van der Waals surface area (Å²) in [6.45, 7) is 2.33. The summed E-state index contributed by atoms with van der Waals surface area (Å²) in [5.74, 6) is 0.608. The number of amides is 1. The molecule has 146 valence electrons. The maximum atomic E-state index is 11.5. The lowest BCUT2D eigenvalue weighted by molar-refractivity contribution is -0.118. The summed E-state index contributed by atoms with van der Waals surface area (Å²) in [5.41, 5.74) is 6.93. The quantitative estimate of drug-likeness (QED) is 0.850. The number of aryl methyl sites for hydroxylation is 1. The molecule has 2 aliphatic rings. The van der Waals surface area contributed by atoms with Crippen molar-refractivity contribution in [2.45, 2.75) is 69.4 Å². The summed E-state index contributed by atoms with van der Waals surface area (Å²) < 4.78 is 6.40. The molecule has 2 N–H and O–H groups in total. The van der Waals surface area contributed by atoms with Crippen LogP contribution in [0, 0.1) is 0 Å². The van der Waals surface area contributed by atoms with Gasteiger partial charge in [-0.15, -0.1) is 11.3 Å². The molecule has 0 aromatic carbocycles. The van der Waals surface area contributed by atoms with E-state index in [9.17, 15) is 4.79 Å². The normalized spacial score (nSPS) is 27.9. The van der Waals surface area contributed by atoms with Gasteiger partial charge in [0, 0.05) is 16.8 Å². The zero-order valence-electron chi connectivity index (χ0n) is 16.3. The standard InChI is InChI=1S/C20H28N4O2S/c1-20(24(2)3)8-6-13(7-9-20)26-18-17-16-12(10-15(21)25)4-5-14(16)27-19(17)23-11-22-18/h11-13H,4-10H2,1-3H3,(H2,21,25)/t12-,13?,20?/m1/s1. The average molecular weight is 389 g/mol. The van der Waals surface area contributed by atoms with Crippen LogP contribution in [0.2, 0.25) is 0 Å². The maximum Gasteiger partial charge on any atom is 0.225 e. The molecule has 2 aromatic heterocycles. The third kappa shape index (κ3) is 3.43. The second kappa shape index (κ2) is 7.02. The number of carbonyl (C=O) groups excluding carboxylic acids is 1. The van der Waals surface area contributed by atoms with E-state index in [2.05, 4.69) is 35.9 Å². The maximum absolute atomic E-state index is 11.5. The van der Waals surface area contributed by atoms with Crippen LogP contribution >= 0.6 is 11.3 Å². The van der Waals surface area contributed by atoms with Crippen LogP contribution in [0.25, 0.3) is 10.2 Å². The number of nitrogens with zero attached hydrogens (tertiary/aromatic N) is 3. The SMILES string of the molecule is CN(C)C1(C)CCC(Oc2ncnc3sc4c(c23)[C@@H](CC(N)=O)CC4)CC1. The van der Waals surface area contributed by atoms with Crippen molar-refractivity contribution in [2.24, 2.45) is 5.73 Å². The molecule has 0 saturated heterocycles. The topological polar surface area (TPSA) is 81.3 Å². The second-order valence-electron chi connectivity index (χ2n) is 8.41. The second-order valence-corrected chi connectivity index (χ2v) is 9.50. The summed E-state index contributed by atoms with van der Waals surface area (Å²) in [5, 5.41) is 1.02. The summed E-state index contributed by atoms with van der Waals surface area (Å²) in [7, 11) is 4.31. The van der Waals surface area contributed by atoms with Crippen molar-refractivity contribution in [3.63, 3.8) is 0 Å². The zero-order valence-corrected chi connectivity index (χ0v) is 17.1. The molecule has 6 nitrogen and oxygen atoms in total. The summed E-state index contributed by atoms with van der Waals surface area (Å²) >= 11 is 1.71. The van der Waals surface area contributed by atoms with Crippen LogP contribution in [0.4, 0.5) is 0 Å². The van der Waals surface area contributed by atoms with Crippen molar-refractivity contribution in [1.29, 1.82) is 0 Å². The Morgan fingerprint density at radius 2 is 2.07 bits per heavy atom. The first-order valence-electron chi connectivity index (χ1n) is 9.76. The van der Waals surface area contributed by atoms with Gasteiger partial charge in [0.25, 0.3) is 0 Å². The molecular formula is C20H28N4O2S. The monoisotopic (exact) mass is 388 g/mol. The highest BCUT2D eigenvalue weighted by Crippen LogP contribution is 2.47. The molecule has 1 atom stereocenters. The van der Waals surface area contributed by atoms with E-state index in [4.69, 9.17) is 10.5 Å². The third-order valence-electron chi connectivity index (χ3n) is 6.51. The number of aromatic nitrogens is 2. The molecule has 1 saturated carbocycles. The lowest BCUT2D eigenvalue weighted by Gasteiger charge is -2.42. The molecule has 0 aliphatic heterocycles. The number of carbonyl (C=O) groups is 1. The molecule has 2 aliphatic carbocycles. The first-order valence-corrected chi connectivity index (χ1v) is 10.6. The fourth-order valence-electron chi connectivity index (χ4n) is 4.51. The molecule has 0 bridgehead atoms. The van der Waals surface area contributed by atoms with Gasteiger partial charge >= 0.3 is 0 Å². The minimum Gasteiger partial charge on any atom is -0.474 e. The summed E-state index contributed by atoms with van der Waals surface area (Å²) in [6.07, 6.45) is 8.40. The molecule has 0 unspecified atom stereocenters. The van der Waals surface area contributed by atoms with E-state index < -0.39 is 0 Å². The van der Waals surface area contributed by atoms with Crippen molar-refractivity contribution in [3.8, 4) is 5.88 Å². The molecule has 7 heteroatoms. The third-order valence-corrected chi connectivity index (χ3v) is 7.68. The minimum atomic E-state index is -0.248. The van der Waals surface area contributed by atoms with Gasteiger partial charge < -0.3 is 15.4 Å². The minimum absolute atomic E-state index is 0.169. The molecule has 0 spiro atoms. The van der Waals surface area contributed by atoms with Crippen molar-refractivity contribution in [1.82, 2.24) is 14.9 Å². The fraction of sp³-hybridized carbons (Fsp3) is 0.650. The largest absolute Gasteiger partial charge is 0.474 e. The van der Waals surface area contributed by atoms with Gasteiger partial charge in [-0.3, -0.25) is 4.79 Å². The van der Waals surface area contributed by atoms with Crippen LogP contribution in [0.5, 0.6) is 5.88 Å². The molecule has 4 rings (SSSR count). The Morgan fingerprint density at radius 3 is 2.74 bits per heavy atom. The van der Waals surface area contributed by atoms with Crippen molar-refractivity contribution in [3.05, 3.63) is 16.8 Å². The van der Waals surface area contributed by atoms with Gasteiger partial charge in [-0.2, -0.15) is 0 Å². The highest BCUT2D eigenvalue weighted by molar-refractivity contribution is 7.19. The van der Waals surface area contributed by atoms with Gasteiger partial charge in [0.1, 0.15) is 17.3 Å². The molecule has 1 fully saturated rings. The number of thiophene rings is 1. The zero-order chi connectivity index (χ0) is 19.2. The van der Waals surface area contributed by atoms with Crippen LogP contribution in [0.1, 0.15) is 61.8 Å². The summed E-state index contributed by atoms with van der Waals surface area (Å²) in [6, 6.07) is 0. The van der Waals surface area contributed by atoms with Gasteiger partial charge in [-0.25, -0.2) is 9.97 Å². The Labute approximate surface area is 164 Å². The Balaban J connectivity index is 1.59. The number of primary amides is 1. The van der Waals surface area contributed by atoms with Crippen LogP contribution < -0.4 is 10.5 Å². The van der Waals surface area contributed by atoms with E-state index in [1.807, 2.05) is 0 Å². The van der Waals surface area contributed by atoms with E-state index in [1.54, 1.807) is 17.7 Å². The predicted molar refractivity (Wildman–Crippen MR) is 107 cm³/mol. The lowest BCUT2D eigenvalue weighted by Crippen LogP contribution is -2.46. The van der Waals surface area contributed by atoms with E-state index in [1.165, 1.54) is 10.4 Å². The van der Waals surface area contributed by atoms with Gasteiger partial charge in [0.15, 0.2) is 0 Å². The Hall–Kier alpha value is -1.73. The van der Waals surface area contributed by atoms with E-state index >= 15 is 0 Å². The van der Waals surface area contributed by atoms with Crippen LogP contribution in [0.15, 0.2) is 6.33 Å². The number of rotatable bonds is 5. The van der Waals surface area contributed by atoms with E-state index in [-0.39, 0.29) is 23.5 Å². The van der Waals surface area contributed by atoms with Gasteiger partial charge in [-0.1, -0.05) is 0 Å². The molecule has 2 heterocycles. The first-order chi connectivity index (χ1) is 12.9.